The first kappa shape index (κ1) is 16.8. The number of nitrogens with one attached hydrogen (secondary N) is 1. The van der Waals surface area contributed by atoms with Gasteiger partial charge in [-0.25, -0.2) is 9.65 Å². The van der Waals surface area contributed by atoms with Gasteiger partial charge in [0.1, 0.15) is 11.7 Å². The Balaban J connectivity index is 1.92. The number of hydrogen-bond donors (Lipinski definition) is 3. The molecule has 9 nitrogen and oxygen atoms in total. The van der Waals surface area contributed by atoms with E-state index in [1.54, 1.807) is 18.3 Å². The van der Waals surface area contributed by atoms with Crippen molar-refractivity contribution < 1.29 is 28.6 Å². The van der Waals surface area contributed by atoms with Gasteiger partial charge in [-0.05, 0) is 12.5 Å². The maximum Gasteiger partial charge on any atom is 0.400 e. The number of nitrogens with zero attached hydrogens (tertiary/aromatic N) is 1. The topological polar surface area (TPSA) is 119 Å². The highest BCUT2D eigenvalue weighted by Crippen LogP contribution is 2.45. The molecule has 1 aromatic heterocycles. The fourth-order valence-electron chi connectivity index (χ4n) is 3.17. The molecule has 0 saturated carbocycles. The first-order valence-electron chi connectivity index (χ1n) is 7.13. The Morgan fingerprint density at radius 1 is 1.52 bits per heavy atom. The van der Waals surface area contributed by atoms with Crippen LogP contribution in [0.1, 0.15) is 12.6 Å². The van der Waals surface area contributed by atoms with Crippen molar-refractivity contribution in [3.05, 3.63) is 34.7 Å². The number of hydrogen-bond acceptors (Lipinski definition) is 5. The Hall–Kier alpha value is -1.06. The SMILES string of the molecule is COC[C@]12COC(C[C@H]1NP(=O)(O)O)[C@H](n1ccccc1=O)O2. The molecule has 0 radical (unpaired) electrons. The quantitative estimate of drug-likeness (QED) is 0.616. The summed E-state index contributed by atoms with van der Waals surface area (Å²) in [5.41, 5.74) is -1.31. The summed E-state index contributed by atoms with van der Waals surface area (Å²) in [4.78, 5) is 30.5. The van der Waals surface area contributed by atoms with E-state index in [1.807, 2.05) is 0 Å². The Morgan fingerprint density at radius 2 is 2.30 bits per heavy atom. The van der Waals surface area contributed by atoms with Crippen molar-refractivity contribution >= 4 is 7.75 Å². The summed E-state index contributed by atoms with van der Waals surface area (Å²) in [7, 11) is -2.97. The maximum atomic E-state index is 12.0. The number of methoxy groups -OCH3 is 1. The second kappa shape index (κ2) is 6.10. The third-order valence-electron chi connectivity index (χ3n) is 4.16. The van der Waals surface area contributed by atoms with Gasteiger partial charge in [-0.1, -0.05) is 6.07 Å². The number of rotatable bonds is 5. The maximum absolute atomic E-state index is 12.0. The van der Waals surface area contributed by atoms with Gasteiger partial charge >= 0.3 is 7.75 Å². The van der Waals surface area contributed by atoms with Gasteiger partial charge in [0.2, 0.25) is 0 Å². The molecule has 3 aliphatic heterocycles. The smallest absolute Gasteiger partial charge is 0.382 e. The monoisotopic (exact) mass is 346 g/mol. The van der Waals surface area contributed by atoms with Gasteiger partial charge < -0.3 is 24.0 Å². The molecule has 1 aromatic rings. The molecule has 3 aliphatic rings. The van der Waals surface area contributed by atoms with Crippen LogP contribution < -0.4 is 10.6 Å². The minimum atomic E-state index is -4.44. The van der Waals surface area contributed by atoms with Crippen LogP contribution in [0.15, 0.2) is 29.2 Å². The van der Waals surface area contributed by atoms with Crippen molar-refractivity contribution in [2.24, 2.45) is 0 Å². The zero-order valence-electron chi connectivity index (χ0n) is 12.5. The number of fused-ring (bicyclic) bond motifs is 3. The van der Waals surface area contributed by atoms with E-state index in [4.69, 9.17) is 14.2 Å². The standard InChI is InChI=1S/C13H19N2O7P/c1-20-7-13-8-21-9(6-10(13)14-23(17,18)19)12(22-13)15-5-3-2-4-11(15)16/h2-5,9-10,12H,6-8H2,1H3,(H3,14,17,18,19)/t9?,10-,12-,13+/m1/s1. The first-order valence-corrected chi connectivity index (χ1v) is 8.75. The van der Waals surface area contributed by atoms with E-state index in [9.17, 15) is 19.1 Å². The molecule has 2 bridgehead atoms. The lowest BCUT2D eigenvalue weighted by Crippen LogP contribution is -2.68. The van der Waals surface area contributed by atoms with Crippen LogP contribution >= 0.6 is 7.75 Å². The number of aromatic nitrogens is 1. The summed E-state index contributed by atoms with van der Waals surface area (Å²) in [5.74, 6) is 0. The summed E-state index contributed by atoms with van der Waals surface area (Å²) in [5, 5.41) is 2.30. The van der Waals surface area contributed by atoms with E-state index in [-0.39, 0.29) is 18.8 Å². The third-order valence-corrected chi connectivity index (χ3v) is 4.80. The van der Waals surface area contributed by atoms with E-state index < -0.39 is 31.7 Å². The number of ether oxygens (including phenoxy) is 3. The zero-order chi connectivity index (χ0) is 16.7. The normalized spacial score (nSPS) is 33.8. The third kappa shape index (κ3) is 3.27. The Bertz CT molecular complexity index is 670. The van der Waals surface area contributed by atoms with Gasteiger partial charge in [-0.15, -0.1) is 0 Å². The van der Waals surface area contributed by atoms with E-state index in [0.29, 0.717) is 6.42 Å². The summed E-state index contributed by atoms with van der Waals surface area (Å²) < 4.78 is 29.7. The van der Waals surface area contributed by atoms with Crippen LogP contribution in [-0.4, -0.2) is 52.4 Å². The van der Waals surface area contributed by atoms with Gasteiger partial charge in [0.15, 0.2) is 6.23 Å². The molecule has 23 heavy (non-hydrogen) atoms. The molecule has 0 aromatic carbocycles. The summed E-state index contributed by atoms with van der Waals surface area (Å²) in [6.07, 6.45) is 0.740. The average Bonchev–Trinajstić information content (AvgIpc) is 2.47. The molecular weight excluding hydrogens is 327 g/mol. The van der Waals surface area contributed by atoms with Crippen molar-refractivity contribution in [3.63, 3.8) is 0 Å². The van der Waals surface area contributed by atoms with Crippen molar-refractivity contribution in [3.8, 4) is 0 Å². The second-order valence-electron chi connectivity index (χ2n) is 5.76. The van der Waals surface area contributed by atoms with E-state index in [1.165, 1.54) is 17.7 Å². The summed E-state index contributed by atoms with van der Waals surface area (Å²) >= 11 is 0. The average molecular weight is 346 g/mol. The predicted molar refractivity (Wildman–Crippen MR) is 78.8 cm³/mol. The molecule has 0 aliphatic carbocycles. The van der Waals surface area contributed by atoms with Crippen molar-refractivity contribution in [2.45, 2.75) is 30.4 Å². The lowest BCUT2D eigenvalue weighted by Gasteiger charge is -2.54. The molecule has 4 heterocycles. The van der Waals surface area contributed by atoms with Crippen LogP contribution in [0.25, 0.3) is 0 Å². The first-order chi connectivity index (χ1) is 10.8. The van der Waals surface area contributed by atoms with Gasteiger partial charge in [0.05, 0.1) is 19.3 Å². The molecular formula is C13H19N2O7P. The van der Waals surface area contributed by atoms with Crippen molar-refractivity contribution in [1.82, 2.24) is 9.65 Å². The van der Waals surface area contributed by atoms with E-state index in [0.717, 1.165) is 0 Å². The highest BCUT2D eigenvalue weighted by atomic mass is 31.2. The fourth-order valence-corrected chi connectivity index (χ4v) is 3.92. The zero-order valence-corrected chi connectivity index (χ0v) is 13.4. The van der Waals surface area contributed by atoms with Gasteiger partial charge in [-0.3, -0.25) is 9.36 Å². The van der Waals surface area contributed by atoms with Crippen LogP contribution in [-0.2, 0) is 18.8 Å². The van der Waals surface area contributed by atoms with Crippen LogP contribution in [0, 0.1) is 0 Å². The highest BCUT2D eigenvalue weighted by Gasteiger charge is 2.56. The van der Waals surface area contributed by atoms with E-state index >= 15 is 0 Å². The highest BCUT2D eigenvalue weighted by molar-refractivity contribution is 7.49. The predicted octanol–water partition coefficient (Wildman–Crippen LogP) is -0.398. The minimum absolute atomic E-state index is 0.0788. The van der Waals surface area contributed by atoms with Gasteiger partial charge in [0, 0.05) is 19.4 Å². The Kier molecular flexibility index (Phi) is 4.45. The molecule has 128 valence electrons. The summed E-state index contributed by atoms with van der Waals surface area (Å²) in [6.45, 7) is 0.205. The number of pyridine rings is 1. The minimum Gasteiger partial charge on any atom is -0.382 e. The molecule has 0 spiro atoms. The fraction of sp³-hybridized carbons (Fsp3) is 0.615. The molecule has 3 N–H and O–H groups in total. The summed E-state index contributed by atoms with van der Waals surface area (Å²) in [6, 6.07) is 4.11. The second-order valence-corrected chi connectivity index (χ2v) is 7.11. The van der Waals surface area contributed by atoms with Crippen molar-refractivity contribution in [2.75, 3.05) is 20.3 Å². The van der Waals surface area contributed by atoms with Gasteiger partial charge in [-0.2, -0.15) is 0 Å². The molecule has 3 fully saturated rings. The van der Waals surface area contributed by atoms with Crippen LogP contribution in [0.2, 0.25) is 0 Å². The van der Waals surface area contributed by atoms with Crippen LogP contribution in [0.5, 0.6) is 0 Å². The van der Waals surface area contributed by atoms with Crippen LogP contribution in [0.3, 0.4) is 0 Å². The molecule has 0 amide bonds. The van der Waals surface area contributed by atoms with Gasteiger partial charge in [0.25, 0.3) is 5.56 Å². The lowest BCUT2D eigenvalue weighted by molar-refractivity contribution is -0.313. The molecule has 1 unspecified atom stereocenters. The lowest BCUT2D eigenvalue weighted by atomic mass is 9.85. The molecule has 4 atom stereocenters. The van der Waals surface area contributed by atoms with Crippen LogP contribution in [0.4, 0.5) is 0 Å². The molecule has 10 heteroatoms. The molecule has 3 saturated heterocycles. The Labute approximate surface area is 132 Å². The largest absolute Gasteiger partial charge is 0.400 e. The molecule has 4 rings (SSSR count). The van der Waals surface area contributed by atoms with Crippen molar-refractivity contribution in [1.29, 1.82) is 0 Å². The van der Waals surface area contributed by atoms with E-state index in [2.05, 4.69) is 5.09 Å². The Morgan fingerprint density at radius 3 is 2.96 bits per heavy atom.